The largest absolute Gasteiger partial charge is 0.326 e. The minimum Gasteiger partial charge on any atom is -0.320 e. The lowest BCUT2D eigenvalue weighted by atomic mass is 9.77. The second-order valence-corrected chi connectivity index (χ2v) is 10.4. The number of nitrogens with zero attached hydrogens (tertiary/aromatic N) is 3. The molecule has 3 heterocycles. The lowest BCUT2D eigenvalue weighted by Gasteiger charge is -2.43. The molecule has 2 aromatic heterocycles. The molecule has 2 aliphatic carbocycles. The van der Waals surface area contributed by atoms with E-state index in [-0.39, 0.29) is 0 Å². The number of rotatable bonds is 3. The lowest BCUT2D eigenvalue weighted by Crippen LogP contribution is -2.45. The smallest absolute Gasteiger partial charge is 0.320 e. The Morgan fingerprint density at radius 3 is 2.30 bits per heavy atom. The van der Waals surface area contributed by atoms with Gasteiger partial charge in [-0.3, -0.25) is 9.78 Å². The van der Waals surface area contributed by atoms with Crippen LogP contribution in [0.4, 0.5) is 0 Å². The first-order chi connectivity index (χ1) is 16.1. The molecule has 174 valence electrons. The van der Waals surface area contributed by atoms with Crippen molar-refractivity contribution >= 4 is 11.0 Å². The van der Waals surface area contributed by atoms with Crippen LogP contribution in [0.1, 0.15) is 63.8 Å². The molecular weight excluding hydrogens is 414 g/mol. The maximum absolute atomic E-state index is 12.0. The summed E-state index contributed by atoms with van der Waals surface area (Å²) in [6.45, 7) is 2.21. The van der Waals surface area contributed by atoms with Crippen LogP contribution in [0.15, 0.2) is 39.9 Å². The summed E-state index contributed by atoms with van der Waals surface area (Å²) in [6, 6.07) is 10.6. The Balaban J connectivity index is 1.27. The van der Waals surface area contributed by atoms with Crippen molar-refractivity contribution < 1.29 is 0 Å². The summed E-state index contributed by atoms with van der Waals surface area (Å²) in [5, 5.41) is 0. The van der Waals surface area contributed by atoms with E-state index in [0.717, 1.165) is 54.8 Å². The van der Waals surface area contributed by atoms with Crippen molar-refractivity contribution in [2.75, 3.05) is 13.1 Å². The first kappa shape index (κ1) is 20.9. The molecule has 2 N–H and O–H groups in total. The standard InChI is InChI=1S/C26H33N5O2/c32-24-16-22(28-26(33)29-24)25-27-21-7-3-4-8-23(21)31(25)19-9-11-30(12-10-19)20-14-17-5-1-2-6-18(13-17)15-20/h3-4,7-8,16-20H,1-2,5-6,9-15H2,(H2,28,29,32,33)/t17-,18+,20-. The Kier molecular flexibility index (Phi) is 5.45. The average Bonchev–Trinajstić information content (AvgIpc) is 3.12. The maximum atomic E-state index is 12.0. The summed E-state index contributed by atoms with van der Waals surface area (Å²) in [5.74, 6) is 2.55. The molecule has 3 fully saturated rings. The monoisotopic (exact) mass is 447 g/mol. The molecule has 6 rings (SSSR count). The molecular formula is C26H33N5O2. The van der Waals surface area contributed by atoms with Crippen molar-refractivity contribution in [2.45, 2.75) is 69.9 Å². The number of piperidine rings is 1. The van der Waals surface area contributed by atoms with Gasteiger partial charge in [0.1, 0.15) is 0 Å². The van der Waals surface area contributed by atoms with E-state index < -0.39 is 11.2 Å². The van der Waals surface area contributed by atoms with E-state index in [0.29, 0.717) is 17.6 Å². The quantitative estimate of drug-likeness (QED) is 0.634. The van der Waals surface area contributed by atoms with Gasteiger partial charge in [0.2, 0.25) is 0 Å². The summed E-state index contributed by atoms with van der Waals surface area (Å²) in [4.78, 5) is 36.6. The van der Waals surface area contributed by atoms with Gasteiger partial charge in [-0.05, 0) is 56.1 Å². The van der Waals surface area contributed by atoms with E-state index in [9.17, 15) is 9.59 Å². The summed E-state index contributed by atoms with van der Waals surface area (Å²) >= 11 is 0. The van der Waals surface area contributed by atoms with Crippen LogP contribution in [-0.4, -0.2) is 43.6 Å². The van der Waals surface area contributed by atoms with Crippen LogP contribution in [-0.2, 0) is 0 Å². The predicted molar refractivity (Wildman–Crippen MR) is 129 cm³/mol. The van der Waals surface area contributed by atoms with Crippen molar-refractivity contribution in [3.05, 3.63) is 51.2 Å². The van der Waals surface area contributed by atoms with Gasteiger partial charge < -0.3 is 14.5 Å². The van der Waals surface area contributed by atoms with Gasteiger partial charge in [0.15, 0.2) is 5.82 Å². The third kappa shape index (κ3) is 4.07. The molecule has 2 saturated carbocycles. The summed E-state index contributed by atoms with van der Waals surface area (Å²) in [6.07, 6.45) is 12.1. The van der Waals surface area contributed by atoms with Gasteiger partial charge in [0.05, 0.1) is 16.7 Å². The Morgan fingerprint density at radius 2 is 1.58 bits per heavy atom. The molecule has 3 atom stereocenters. The number of H-pyrrole nitrogens is 2. The molecule has 7 heteroatoms. The van der Waals surface area contributed by atoms with E-state index >= 15 is 0 Å². The van der Waals surface area contributed by atoms with Crippen molar-refractivity contribution in [1.29, 1.82) is 0 Å². The van der Waals surface area contributed by atoms with Crippen LogP contribution in [0.3, 0.4) is 0 Å². The predicted octanol–water partition coefficient (Wildman–Crippen LogP) is 4.08. The summed E-state index contributed by atoms with van der Waals surface area (Å²) in [5.41, 5.74) is 1.55. The minimum atomic E-state index is -0.496. The number of para-hydroxylation sites is 2. The third-order valence-corrected chi connectivity index (χ3v) is 8.33. The zero-order valence-electron chi connectivity index (χ0n) is 19.1. The summed E-state index contributed by atoms with van der Waals surface area (Å²) < 4.78 is 2.26. The van der Waals surface area contributed by atoms with Crippen molar-refractivity contribution in [1.82, 2.24) is 24.4 Å². The second kappa shape index (κ2) is 8.60. The molecule has 0 unspecified atom stereocenters. The molecule has 1 aliphatic heterocycles. The fourth-order valence-corrected chi connectivity index (χ4v) is 6.87. The second-order valence-electron chi connectivity index (χ2n) is 10.4. The van der Waals surface area contributed by atoms with Crippen LogP contribution >= 0.6 is 0 Å². The van der Waals surface area contributed by atoms with Gasteiger partial charge >= 0.3 is 5.69 Å². The number of hydrogen-bond acceptors (Lipinski definition) is 4. The average molecular weight is 448 g/mol. The van der Waals surface area contributed by atoms with Crippen LogP contribution in [0.25, 0.3) is 22.6 Å². The molecule has 3 aliphatic rings. The molecule has 0 radical (unpaired) electrons. The number of nitrogens with one attached hydrogen (secondary N) is 2. The molecule has 0 amide bonds. The van der Waals surface area contributed by atoms with Crippen LogP contribution < -0.4 is 11.2 Å². The van der Waals surface area contributed by atoms with E-state index in [1.165, 1.54) is 51.0 Å². The lowest BCUT2D eigenvalue weighted by molar-refractivity contribution is 0.0719. The minimum absolute atomic E-state index is 0.303. The topological polar surface area (TPSA) is 86.8 Å². The Morgan fingerprint density at radius 1 is 0.848 bits per heavy atom. The van der Waals surface area contributed by atoms with Crippen molar-refractivity contribution in [3.63, 3.8) is 0 Å². The fourth-order valence-electron chi connectivity index (χ4n) is 6.87. The summed E-state index contributed by atoms with van der Waals surface area (Å²) in [7, 11) is 0. The third-order valence-electron chi connectivity index (χ3n) is 8.33. The van der Waals surface area contributed by atoms with Gasteiger partial charge in [0, 0.05) is 31.2 Å². The highest BCUT2D eigenvalue weighted by Gasteiger charge is 2.35. The molecule has 1 aromatic carbocycles. The number of imidazole rings is 1. The van der Waals surface area contributed by atoms with Gasteiger partial charge in [-0.2, -0.15) is 0 Å². The number of aromatic nitrogens is 4. The number of aromatic amines is 2. The van der Waals surface area contributed by atoms with Gasteiger partial charge in [-0.25, -0.2) is 9.78 Å². The van der Waals surface area contributed by atoms with E-state index in [4.69, 9.17) is 4.98 Å². The molecule has 1 saturated heterocycles. The van der Waals surface area contributed by atoms with Crippen LogP contribution in [0.5, 0.6) is 0 Å². The van der Waals surface area contributed by atoms with E-state index in [2.05, 4.69) is 25.5 Å². The normalized spacial score (nSPS) is 27.0. The van der Waals surface area contributed by atoms with Crippen molar-refractivity contribution in [2.24, 2.45) is 11.8 Å². The number of fused-ring (bicyclic) bond motifs is 3. The Bertz CT molecular complexity index is 1210. The number of benzene rings is 1. The highest BCUT2D eigenvalue weighted by atomic mass is 16.2. The van der Waals surface area contributed by atoms with Crippen LogP contribution in [0, 0.1) is 11.8 Å². The Hall–Kier alpha value is -2.67. The molecule has 7 nitrogen and oxygen atoms in total. The van der Waals surface area contributed by atoms with Crippen LogP contribution in [0.2, 0.25) is 0 Å². The zero-order valence-corrected chi connectivity index (χ0v) is 19.1. The first-order valence-electron chi connectivity index (χ1n) is 12.7. The molecule has 33 heavy (non-hydrogen) atoms. The molecule has 2 bridgehead atoms. The fraction of sp³-hybridized carbons (Fsp3) is 0.577. The zero-order chi connectivity index (χ0) is 22.4. The molecule has 3 aromatic rings. The van der Waals surface area contributed by atoms with Gasteiger partial charge in [-0.15, -0.1) is 0 Å². The Labute approximate surface area is 193 Å². The maximum Gasteiger partial charge on any atom is 0.326 e. The van der Waals surface area contributed by atoms with Gasteiger partial charge in [0.25, 0.3) is 5.56 Å². The SMILES string of the molecule is O=c1cc(-c2nc3ccccc3n2C2CCN([C@@H]3C[C@@H]4CCCC[C@@H](C4)C3)CC2)[nH]c(=O)[nH]1. The highest BCUT2D eigenvalue weighted by Crippen LogP contribution is 2.41. The van der Waals surface area contributed by atoms with E-state index in [1.807, 2.05) is 18.2 Å². The number of hydrogen-bond donors (Lipinski definition) is 2. The molecule has 0 spiro atoms. The van der Waals surface area contributed by atoms with E-state index in [1.54, 1.807) is 0 Å². The highest BCUT2D eigenvalue weighted by molar-refractivity contribution is 5.80. The first-order valence-corrected chi connectivity index (χ1v) is 12.7. The van der Waals surface area contributed by atoms with Crippen molar-refractivity contribution in [3.8, 4) is 11.5 Å². The van der Waals surface area contributed by atoms with Gasteiger partial charge in [-0.1, -0.05) is 37.8 Å². The number of likely N-dealkylation sites (tertiary alicyclic amines) is 1.